The van der Waals surface area contributed by atoms with Gasteiger partial charge in [-0.2, -0.15) is 0 Å². The van der Waals surface area contributed by atoms with E-state index < -0.39 is 5.97 Å². The van der Waals surface area contributed by atoms with Crippen LogP contribution in [0.1, 0.15) is 11.1 Å². The van der Waals surface area contributed by atoms with Crippen LogP contribution in [-0.4, -0.2) is 11.9 Å². The van der Waals surface area contributed by atoms with Crippen LogP contribution in [-0.2, 0) is 9.53 Å². The summed E-state index contributed by atoms with van der Waals surface area (Å²) in [6.07, 6.45) is 1.73. The van der Waals surface area contributed by atoms with E-state index in [-0.39, 0.29) is 0 Å². The van der Waals surface area contributed by atoms with Gasteiger partial charge in [0, 0.05) is 10.0 Å². The first kappa shape index (κ1) is 14.8. The molecule has 0 fully saturated rings. The zero-order chi connectivity index (χ0) is 16.5. The Hall–Kier alpha value is -2.72. The van der Waals surface area contributed by atoms with Crippen LogP contribution in [0.3, 0.4) is 0 Å². The number of aliphatic imine (C=N–C) groups is 1. The highest BCUT2D eigenvalue weighted by Gasteiger charge is 2.24. The lowest BCUT2D eigenvalue weighted by molar-refractivity contribution is -0.129. The first-order chi connectivity index (χ1) is 11.7. The molecule has 0 atom stereocenters. The average molecular weight is 378 g/mol. The Kier molecular flexibility index (Phi) is 3.75. The van der Waals surface area contributed by atoms with Gasteiger partial charge < -0.3 is 4.74 Å². The summed E-state index contributed by atoms with van der Waals surface area (Å²) in [5, 5.41) is 2.22. The Morgan fingerprint density at radius 1 is 0.917 bits per heavy atom. The summed E-state index contributed by atoms with van der Waals surface area (Å²) in [5.41, 5.74) is 2.00. The summed E-state index contributed by atoms with van der Waals surface area (Å²) in [4.78, 5) is 16.4. The summed E-state index contributed by atoms with van der Waals surface area (Å²) < 4.78 is 6.32. The van der Waals surface area contributed by atoms with Crippen molar-refractivity contribution in [3.8, 4) is 0 Å². The van der Waals surface area contributed by atoms with Gasteiger partial charge in [-0.1, -0.05) is 58.4 Å². The molecule has 0 N–H and O–H groups in total. The average Bonchev–Trinajstić information content (AvgIpc) is 2.97. The van der Waals surface area contributed by atoms with Crippen LogP contribution >= 0.6 is 15.9 Å². The molecule has 116 valence electrons. The highest BCUT2D eigenvalue weighted by Crippen LogP contribution is 2.22. The maximum atomic E-state index is 12.1. The predicted molar refractivity (Wildman–Crippen MR) is 98.7 cm³/mol. The van der Waals surface area contributed by atoms with Crippen molar-refractivity contribution in [3.05, 3.63) is 88.0 Å². The van der Waals surface area contributed by atoms with Gasteiger partial charge in [-0.05, 0) is 46.7 Å². The molecule has 1 aliphatic rings. The molecule has 3 nitrogen and oxygen atoms in total. The van der Waals surface area contributed by atoms with E-state index in [1.54, 1.807) is 6.08 Å². The number of halogens is 1. The van der Waals surface area contributed by atoms with Crippen LogP contribution < -0.4 is 0 Å². The first-order valence-corrected chi connectivity index (χ1v) is 8.26. The largest absolute Gasteiger partial charge is 0.402 e. The molecule has 1 aliphatic heterocycles. The molecule has 3 aromatic rings. The maximum Gasteiger partial charge on any atom is 0.363 e. The normalized spacial score (nSPS) is 15.6. The second-order valence-electron chi connectivity index (χ2n) is 5.45. The van der Waals surface area contributed by atoms with Crippen molar-refractivity contribution < 1.29 is 9.53 Å². The molecule has 0 aromatic heterocycles. The maximum absolute atomic E-state index is 12.1. The zero-order valence-corrected chi connectivity index (χ0v) is 14.2. The van der Waals surface area contributed by atoms with Crippen molar-refractivity contribution in [3.63, 3.8) is 0 Å². The number of rotatable bonds is 2. The molecule has 0 saturated carbocycles. The van der Waals surface area contributed by atoms with E-state index in [0.717, 1.165) is 26.4 Å². The van der Waals surface area contributed by atoms with Gasteiger partial charge >= 0.3 is 5.97 Å². The van der Waals surface area contributed by atoms with E-state index in [0.29, 0.717) is 11.6 Å². The summed E-state index contributed by atoms with van der Waals surface area (Å²) in [6, 6.07) is 21.6. The molecule has 4 rings (SSSR count). The van der Waals surface area contributed by atoms with Gasteiger partial charge in [-0.25, -0.2) is 9.79 Å². The number of nitrogens with zero attached hydrogens (tertiary/aromatic N) is 1. The van der Waals surface area contributed by atoms with E-state index in [4.69, 9.17) is 4.74 Å². The molecule has 0 bridgehead atoms. The predicted octanol–water partition coefficient (Wildman–Crippen LogP) is 4.95. The van der Waals surface area contributed by atoms with Crippen molar-refractivity contribution in [1.29, 1.82) is 0 Å². The number of fused-ring (bicyclic) bond motifs is 1. The SMILES string of the molecule is O=C1OC(c2ccc3ccccc3c2)=N/C1=C\c1ccc(Br)cc1. The Morgan fingerprint density at radius 2 is 1.67 bits per heavy atom. The first-order valence-electron chi connectivity index (χ1n) is 7.46. The van der Waals surface area contributed by atoms with Crippen LogP contribution in [0, 0.1) is 0 Å². The smallest absolute Gasteiger partial charge is 0.363 e. The molecule has 0 radical (unpaired) electrons. The number of hydrogen-bond donors (Lipinski definition) is 0. The monoisotopic (exact) mass is 377 g/mol. The highest BCUT2D eigenvalue weighted by molar-refractivity contribution is 9.10. The van der Waals surface area contributed by atoms with Crippen LogP contribution in [0.4, 0.5) is 0 Å². The van der Waals surface area contributed by atoms with Crippen molar-refractivity contribution in [2.75, 3.05) is 0 Å². The minimum absolute atomic E-state index is 0.306. The van der Waals surface area contributed by atoms with Gasteiger partial charge in [0.25, 0.3) is 0 Å². The van der Waals surface area contributed by atoms with Crippen LogP contribution in [0.15, 0.2) is 81.9 Å². The standard InChI is InChI=1S/C20H12BrNO2/c21-17-9-5-13(6-10-17)11-18-20(23)24-19(22-18)16-8-7-14-3-1-2-4-15(14)12-16/h1-12H/b18-11-. The molecule has 24 heavy (non-hydrogen) atoms. The van der Waals surface area contributed by atoms with Gasteiger partial charge in [0.2, 0.25) is 5.90 Å². The molecular formula is C20H12BrNO2. The zero-order valence-electron chi connectivity index (χ0n) is 12.6. The Balaban J connectivity index is 1.70. The van der Waals surface area contributed by atoms with Gasteiger partial charge in [-0.3, -0.25) is 0 Å². The summed E-state index contributed by atoms with van der Waals surface area (Å²) >= 11 is 3.39. The minimum Gasteiger partial charge on any atom is -0.402 e. The summed E-state index contributed by atoms with van der Waals surface area (Å²) in [6.45, 7) is 0. The van der Waals surface area contributed by atoms with E-state index in [9.17, 15) is 4.79 Å². The number of ether oxygens (including phenoxy) is 1. The number of carbonyl (C=O) groups is 1. The third kappa shape index (κ3) is 2.88. The van der Waals surface area contributed by atoms with Crippen molar-refractivity contribution in [2.24, 2.45) is 4.99 Å². The Morgan fingerprint density at radius 3 is 2.46 bits per heavy atom. The topological polar surface area (TPSA) is 38.7 Å². The van der Waals surface area contributed by atoms with Gasteiger partial charge in [0.05, 0.1) is 0 Å². The molecule has 0 unspecified atom stereocenters. The fourth-order valence-electron chi connectivity index (χ4n) is 2.57. The molecule has 0 aliphatic carbocycles. The molecule has 0 saturated heterocycles. The molecular weight excluding hydrogens is 366 g/mol. The van der Waals surface area contributed by atoms with E-state index in [1.165, 1.54) is 0 Å². The quantitative estimate of drug-likeness (QED) is 0.468. The number of carbonyl (C=O) groups excluding carboxylic acids is 1. The number of benzene rings is 3. The Labute approximate surface area is 147 Å². The van der Waals surface area contributed by atoms with Crippen molar-refractivity contribution >= 4 is 44.6 Å². The number of hydrogen-bond acceptors (Lipinski definition) is 3. The fraction of sp³-hybridized carbons (Fsp3) is 0. The lowest BCUT2D eigenvalue weighted by atomic mass is 10.1. The van der Waals surface area contributed by atoms with Gasteiger partial charge in [0.15, 0.2) is 5.70 Å². The van der Waals surface area contributed by atoms with Gasteiger partial charge in [-0.15, -0.1) is 0 Å². The molecule has 0 amide bonds. The van der Waals surface area contributed by atoms with Crippen LogP contribution in [0.2, 0.25) is 0 Å². The summed E-state index contributed by atoms with van der Waals surface area (Å²) in [7, 11) is 0. The minimum atomic E-state index is -0.430. The third-order valence-corrected chi connectivity index (χ3v) is 4.32. The number of esters is 1. The lowest BCUT2D eigenvalue weighted by Crippen LogP contribution is -2.05. The summed E-state index contributed by atoms with van der Waals surface area (Å²) in [5.74, 6) is -0.0878. The van der Waals surface area contributed by atoms with Gasteiger partial charge in [0.1, 0.15) is 0 Å². The van der Waals surface area contributed by atoms with Crippen LogP contribution in [0.5, 0.6) is 0 Å². The lowest BCUT2D eigenvalue weighted by Gasteiger charge is -2.02. The molecule has 3 aromatic carbocycles. The third-order valence-electron chi connectivity index (χ3n) is 3.79. The van der Waals surface area contributed by atoms with Crippen molar-refractivity contribution in [2.45, 2.75) is 0 Å². The van der Waals surface area contributed by atoms with E-state index in [2.05, 4.69) is 20.9 Å². The highest BCUT2D eigenvalue weighted by atomic mass is 79.9. The molecule has 1 heterocycles. The van der Waals surface area contributed by atoms with Crippen molar-refractivity contribution in [1.82, 2.24) is 0 Å². The van der Waals surface area contributed by atoms with E-state index >= 15 is 0 Å². The number of cyclic esters (lactones) is 1. The van der Waals surface area contributed by atoms with Crippen LogP contribution in [0.25, 0.3) is 16.8 Å². The fourth-order valence-corrected chi connectivity index (χ4v) is 2.84. The second-order valence-corrected chi connectivity index (χ2v) is 6.37. The van der Waals surface area contributed by atoms with E-state index in [1.807, 2.05) is 66.7 Å². The molecule has 0 spiro atoms. The second kappa shape index (κ2) is 6.06. The Bertz CT molecular complexity index is 1000. The molecule has 4 heteroatoms.